The van der Waals surface area contributed by atoms with Crippen LogP contribution in [0.5, 0.6) is 5.75 Å². The van der Waals surface area contributed by atoms with E-state index in [9.17, 15) is 18.0 Å². The molecular formula is C22H29N3O5S. The number of ether oxygens (including phenoxy) is 1. The molecule has 0 saturated heterocycles. The van der Waals surface area contributed by atoms with Crippen molar-refractivity contribution in [1.29, 1.82) is 0 Å². The second-order valence-corrected chi connectivity index (χ2v) is 8.87. The van der Waals surface area contributed by atoms with Gasteiger partial charge in [0.15, 0.2) is 0 Å². The summed E-state index contributed by atoms with van der Waals surface area (Å²) >= 11 is 0. The van der Waals surface area contributed by atoms with Crippen LogP contribution in [-0.4, -0.2) is 57.6 Å². The Morgan fingerprint density at radius 2 is 1.68 bits per heavy atom. The lowest BCUT2D eigenvalue weighted by Crippen LogP contribution is -2.50. The Morgan fingerprint density at radius 1 is 1.06 bits per heavy atom. The Hall–Kier alpha value is -3.07. The number of benzene rings is 2. The van der Waals surface area contributed by atoms with Crippen LogP contribution >= 0.6 is 0 Å². The van der Waals surface area contributed by atoms with E-state index in [-0.39, 0.29) is 18.1 Å². The lowest BCUT2D eigenvalue weighted by atomic mass is 10.1. The molecule has 0 heterocycles. The number of carbonyl (C=O) groups excluding carboxylic acids is 2. The summed E-state index contributed by atoms with van der Waals surface area (Å²) in [6.45, 7) is 3.45. The van der Waals surface area contributed by atoms with E-state index in [2.05, 4.69) is 5.32 Å². The fraction of sp³-hybridized carbons (Fsp3) is 0.364. The maximum Gasteiger partial charge on any atom is 0.244 e. The van der Waals surface area contributed by atoms with Crippen molar-refractivity contribution >= 4 is 27.5 Å². The van der Waals surface area contributed by atoms with Crippen molar-refractivity contribution in [2.45, 2.75) is 26.4 Å². The van der Waals surface area contributed by atoms with Gasteiger partial charge in [-0.05, 0) is 31.5 Å². The molecule has 1 atom stereocenters. The Balaban J connectivity index is 2.41. The number of nitrogens with zero attached hydrogens (tertiary/aromatic N) is 2. The smallest absolute Gasteiger partial charge is 0.244 e. The highest BCUT2D eigenvalue weighted by Gasteiger charge is 2.30. The number of carbonyl (C=O) groups is 2. The van der Waals surface area contributed by atoms with Crippen LogP contribution < -0.4 is 14.4 Å². The van der Waals surface area contributed by atoms with E-state index in [4.69, 9.17) is 4.74 Å². The van der Waals surface area contributed by atoms with Crippen LogP contribution in [0.25, 0.3) is 0 Å². The minimum Gasteiger partial charge on any atom is -0.492 e. The summed E-state index contributed by atoms with van der Waals surface area (Å²) in [5, 5.41) is 2.54. The SMILES string of the molecule is CCOc1ccccc1N(CC(=O)N(Cc1ccccc1)[C@H](C)C(=O)NC)S(C)(=O)=O. The number of nitrogens with one attached hydrogen (secondary N) is 1. The van der Waals surface area contributed by atoms with Crippen LogP contribution in [0.4, 0.5) is 5.69 Å². The maximum atomic E-state index is 13.3. The van der Waals surface area contributed by atoms with E-state index >= 15 is 0 Å². The summed E-state index contributed by atoms with van der Waals surface area (Å²) in [5.74, 6) is -0.487. The molecule has 0 saturated carbocycles. The van der Waals surface area contributed by atoms with E-state index in [0.29, 0.717) is 12.4 Å². The van der Waals surface area contributed by atoms with Crippen molar-refractivity contribution in [1.82, 2.24) is 10.2 Å². The Labute approximate surface area is 183 Å². The molecule has 8 nitrogen and oxygen atoms in total. The number of hydrogen-bond acceptors (Lipinski definition) is 5. The van der Waals surface area contributed by atoms with Gasteiger partial charge in [-0.25, -0.2) is 8.42 Å². The molecule has 31 heavy (non-hydrogen) atoms. The predicted octanol–water partition coefficient (Wildman–Crippen LogP) is 2.01. The summed E-state index contributed by atoms with van der Waals surface area (Å²) in [4.78, 5) is 27.0. The monoisotopic (exact) mass is 447 g/mol. The highest BCUT2D eigenvalue weighted by molar-refractivity contribution is 7.92. The first-order valence-corrected chi connectivity index (χ1v) is 11.8. The molecule has 0 aliphatic carbocycles. The summed E-state index contributed by atoms with van der Waals surface area (Å²) in [6, 6.07) is 15.1. The van der Waals surface area contributed by atoms with Crippen molar-refractivity contribution in [2.24, 2.45) is 0 Å². The van der Waals surface area contributed by atoms with Gasteiger partial charge in [-0.2, -0.15) is 0 Å². The molecule has 2 amide bonds. The number of rotatable bonds is 10. The molecule has 2 aromatic rings. The maximum absolute atomic E-state index is 13.3. The molecule has 0 aliphatic rings. The fourth-order valence-electron chi connectivity index (χ4n) is 3.11. The lowest BCUT2D eigenvalue weighted by Gasteiger charge is -2.31. The zero-order chi connectivity index (χ0) is 23.0. The first-order valence-electron chi connectivity index (χ1n) is 9.93. The van der Waals surface area contributed by atoms with Crippen LogP contribution in [0.15, 0.2) is 54.6 Å². The van der Waals surface area contributed by atoms with Crippen LogP contribution in [0.3, 0.4) is 0 Å². The van der Waals surface area contributed by atoms with Crippen LogP contribution in [-0.2, 0) is 26.2 Å². The molecule has 0 aromatic heterocycles. The van der Waals surface area contributed by atoms with Crippen molar-refractivity contribution in [3.8, 4) is 5.75 Å². The van der Waals surface area contributed by atoms with Gasteiger partial charge in [0, 0.05) is 13.6 Å². The summed E-state index contributed by atoms with van der Waals surface area (Å²) in [5.41, 5.74) is 1.10. The number of anilines is 1. The zero-order valence-corrected chi connectivity index (χ0v) is 19.1. The van der Waals surface area contributed by atoms with Gasteiger partial charge in [-0.1, -0.05) is 42.5 Å². The quantitative estimate of drug-likeness (QED) is 0.601. The highest BCUT2D eigenvalue weighted by atomic mass is 32.2. The Kier molecular flexibility index (Phi) is 8.44. The third-order valence-electron chi connectivity index (χ3n) is 4.72. The van der Waals surface area contributed by atoms with Crippen LogP contribution in [0.2, 0.25) is 0 Å². The third kappa shape index (κ3) is 6.45. The van der Waals surface area contributed by atoms with E-state index in [1.165, 1.54) is 11.9 Å². The molecular weight excluding hydrogens is 418 g/mol. The van der Waals surface area contributed by atoms with E-state index in [1.807, 2.05) is 30.3 Å². The van der Waals surface area contributed by atoms with Crippen LogP contribution in [0.1, 0.15) is 19.4 Å². The van der Waals surface area contributed by atoms with Crippen molar-refractivity contribution in [3.63, 3.8) is 0 Å². The predicted molar refractivity (Wildman–Crippen MR) is 120 cm³/mol. The molecule has 9 heteroatoms. The molecule has 168 valence electrons. The topological polar surface area (TPSA) is 96.0 Å². The summed E-state index contributed by atoms with van der Waals surface area (Å²) in [6.07, 6.45) is 1.03. The van der Waals surface area contributed by atoms with Gasteiger partial charge in [-0.15, -0.1) is 0 Å². The molecule has 0 radical (unpaired) electrons. The van der Waals surface area contributed by atoms with Gasteiger partial charge in [0.2, 0.25) is 21.8 Å². The molecule has 1 N–H and O–H groups in total. The standard InChI is InChI=1S/C22H29N3O5S/c1-5-30-20-14-10-9-13-19(20)25(31(4,28)29)16-21(26)24(17(2)22(27)23-3)15-18-11-7-6-8-12-18/h6-14,17H,5,15-16H2,1-4H3,(H,23,27)/t17-/m1/s1. The van der Waals surface area contributed by atoms with Crippen molar-refractivity contribution < 1.29 is 22.7 Å². The number of sulfonamides is 1. The van der Waals surface area contributed by atoms with Gasteiger partial charge >= 0.3 is 0 Å². The van der Waals surface area contributed by atoms with Crippen molar-refractivity contribution in [3.05, 3.63) is 60.2 Å². The van der Waals surface area contributed by atoms with E-state index in [1.54, 1.807) is 38.1 Å². The molecule has 2 rings (SSSR count). The average molecular weight is 448 g/mol. The van der Waals surface area contributed by atoms with Gasteiger partial charge in [0.05, 0.1) is 18.6 Å². The molecule has 0 spiro atoms. The van der Waals surface area contributed by atoms with Crippen LogP contribution in [0, 0.1) is 0 Å². The minimum atomic E-state index is -3.81. The van der Waals surface area contributed by atoms with E-state index < -0.39 is 28.5 Å². The zero-order valence-electron chi connectivity index (χ0n) is 18.2. The number of hydrogen-bond donors (Lipinski definition) is 1. The average Bonchev–Trinajstić information content (AvgIpc) is 2.75. The minimum absolute atomic E-state index is 0.166. The van der Waals surface area contributed by atoms with Gasteiger partial charge in [0.1, 0.15) is 18.3 Å². The van der Waals surface area contributed by atoms with Gasteiger partial charge < -0.3 is 15.0 Å². The summed E-state index contributed by atoms with van der Waals surface area (Å²) in [7, 11) is -2.32. The molecule has 0 fully saturated rings. The molecule has 0 aliphatic heterocycles. The fourth-order valence-corrected chi connectivity index (χ4v) is 3.96. The second-order valence-electron chi connectivity index (χ2n) is 6.97. The second kappa shape index (κ2) is 10.8. The number of likely N-dealkylation sites (N-methyl/N-ethyl adjacent to an activating group) is 1. The molecule has 2 aromatic carbocycles. The first kappa shape index (κ1) is 24.2. The first-order chi connectivity index (χ1) is 14.7. The number of para-hydroxylation sites is 2. The highest BCUT2D eigenvalue weighted by Crippen LogP contribution is 2.30. The summed E-state index contributed by atoms with van der Waals surface area (Å²) < 4.78 is 31.7. The Morgan fingerprint density at radius 3 is 2.26 bits per heavy atom. The van der Waals surface area contributed by atoms with Crippen molar-refractivity contribution in [2.75, 3.05) is 30.8 Å². The third-order valence-corrected chi connectivity index (χ3v) is 5.85. The van der Waals surface area contributed by atoms with Gasteiger partial charge in [0.25, 0.3) is 0 Å². The normalized spacial score (nSPS) is 12.0. The van der Waals surface area contributed by atoms with Gasteiger partial charge in [-0.3, -0.25) is 13.9 Å². The van der Waals surface area contributed by atoms with E-state index in [0.717, 1.165) is 16.1 Å². The Bertz CT molecular complexity index is 995. The molecule has 0 bridgehead atoms. The number of amides is 2. The lowest BCUT2D eigenvalue weighted by molar-refractivity contribution is -0.139. The largest absolute Gasteiger partial charge is 0.492 e. The molecule has 0 unspecified atom stereocenters.